The molecule has 0 spiro atoms. The second kappa shape index (κ2) is 5.01. The van der Waals surface area contributed by atoms with Crippen molar-refractivity contribution >= 4 is 19.7 Å². The van der Waals surface area contributed by atoms with Crippen LogP contribution in [0.2, 0.25) is 0 Å². The molecule has 0 atom stereocenters. The predicted octanol–water partition coefficient (Wildman–Crippen LogP) is 2.85. The van der Waals surface area contributed by atoms with Gasteiger partial charge in [-0.2, -0.15) is 4.39 Å². The van der Waals surface area contributed by atoms with E-state index in [1.165, 1.54) is 0 Å². The Kier molecular flexibility index (Phi) is 4.11. The maximum absolute atomic E-state index is 13.4. The number of benzene rings is 1. The van der Waals surface area contributed by atoms with Gasteiger partial charge in [-0.25, -0.2) is 12.8 Å². The maximum atomic E-state index is 13.4. The van der Waals surface area contributed by atoms with Crippen molar-refractivity contribution in [2.75, 3.05) is 6.61 Å². The van der Waals surface area contributed by atoms with E-state index in [0.29, 0.717) is 5.57 Å². The van der Waals surface area contributed by atoms with Crippen LogP contribution in [0, 0.1) is 11.6 Å². The third-order valence-corrected chi connectivity index (χ3v) is 3.09. The molecule has 3 nitrogen and oxygen atoms in total. The topological polar surface area (TPSA) is 43.4 Å². The lowest BCUT2D eigenvalue weighted by Gasteiger charge is -2.08. The van der Waals surface area contributed by atoms with E-state index in [1.807, 2.05) is 0 Å². The van der Waals surface area contributed by atoms with Gasteiger partial charge in [-0.05, 0) is 24.6 Å². The third kappa shape index (κ3) is 3.41. The molecule has 0 saturated heterocycles. The minimum Gasteiger partial charge on any atom is -0.486 e. The van der Waals surface area contributed by atoms with Crippen LogP contribution in [0.3, 0.4) is 0 Å². The van der Waals surface area contributed by atoms with Crippen LogP contribution in [0.25, 0.3) is 0 Å². The molecule has 17 heavy (non-hydrogen) atoms. The van der Waals surface area contributed by atoms with Gasteiger partial charge in [0.1, 0.15) is 11.5 Å². The molecule has 0 bridgehead atoms. The summed E-state index contributed by atoms with van der Waals surface area (Å²) in [6.45, 7) is 5.17. The molecule has 0 N–H and O–H groups in total. The van der Waals surface area contributed by atoms with Gasteiger partial charge >= 0.3 is 0 Å². The Morgan fingerprint density at radius 2 is 2.00 bits per heavy atom. The normalized spacial score (nSPS) is 11.3. The standard InChI is InChI=1S/C10H9ClF2O3S/c1-6(2)5-16-7-3-4-8(17(11,14)15)10(13)9(7)12/h3-4H,1,5H2,2H3. The molecule has 0 unspecified atom stereocenters. The van der Waals surface area contributed by atoms with E-state index in [1.54, 1.807) is 6.92 Å². The summed E-state index contributed by atoms with van der Waals surface area (Å²) in [6, 6.07) is 1.84. The minimum absolute atomic E-state index is 0.00331. The molecule has 0 aliphatic rings. The van der Waals surface area contributed by atoms with Gasteiger partial charge < -0.3 is 4.74 Å². The summed E-state index contributed by atoms with van der Waals surface area (Å²) >= 11 is 0. The molecular weight excluding hydrogens is 274 g/mol. The van der Waals surface area contributed by atoms with Gasteiger partial charge in [0.15, 0.2) is 11.6 Å². The average Bonchev–Trinajstić information content (AvgIpc) is 2.18. The molecule has 0 amide bonds. The first-order valence-corrected chi connectivity index (χ1v) is 6.74. The monoisotopic (exact) mass is 282 g/mol. The van der Waals surface area contributed by atoms with Gasteiger partial charge in [-0.15, -0.1) is 0 Å². The summed E-state index contributed by atoms with van der Waals surface area (Å²) in [5, 5.41) is 0. The fourth-order valence-corrected chi connectivity index (χ4v) is 1.91. The first-order valence-electron chi connectivity index (χ1n) is 4.43. The Labute approximate surface area is 102 Å². The summed E-state index contributed by atoms with van der Waals surface area (Å²) in [5.41, 5.74) is 0.610. The van der Waals surface area contributed by atoms with Crippen molar-refractivity contribution in [2.24, 2.45) is 0 Å². The van der Waals surface area contributed by atoms with Crippen molar-refractivity contribution < 1.29 is 21.9 Å². The molecule has 0 saturated carbocycles. The molecule has 1 aromatic rings. The van der Waals surface area contributed by atoms with E-state index in [-0.39, 0.29) is 6.61 Å². The van der Waals surface area contributed by atoms with Gasteiger partial charge in [0.05, 0.1) is 0 Å². The van der Waals surface area contributed by atoms with E-state index in [0.717, 1.165) is 12.1 Å². The molecule has 0 heterocycles. The Hall–Kier alpha value is -1.14. The van der Waals surface area contributed by atoms with Crippen molar-refractivity contribution in [3.05, 3.63) is 35.9 Å². The van der Waals surface area contributed by atoms with Crippen LogP contribution >= 0.6 is 10.7 Å². The first-order chi connectivity index (χ1) is 7.73. The highest BCUT2D eigenvalue weighted by molar-refractivity contribution is 8.13. The van der Waals surface area contributed by atoms with Crippen molar-refractivity contribution in [3.8, 4) is 5.75 Å². The lowest BCUT2D eigenvalue weighted by atomic mass is 10.3. The van der Waals surface area contributed by atoms with Crippen molar-refractivity contribution in [1.82, 2.24) is 0 Å². The molecular formula is C10H9ClF2O3S. The van der Waals surface area contributed by atoms with E-state index >= 15 is 0 Å². The summed E-state index contributed by atoms with van der Waals surface area (Å²) in [6.07, 6.45) is 0. The molecule has 0 aromatic heterocycles. The largest absolute Gasteiger partial charge is 0.486 e. The Balaban J connectivity index is 3.16. The van der Waals surface area contributed by atoms with Gasteiger partial charge in [-0.3, -0.25) is 0 Å². The molecule has 7 heteroatoms. The lowest BCUT2D eigenvalue weighted by molar-refractivity contribution is 0.322. The highest BCUT2D eigenvalue weighted by Crippen LogP contribution is 2.27. The van der Waals surface area contributed by atoms with Crippen molar-refractivity contribution in [2.45, 2.75) is 11.8 Å². The van der Waals surface area contributed by atoms with Crippen molar-refractivity contribution in [3.63, 3.8) is 0 Å². The van der Waals surface area contributed by atoms with E-state index < -0.39 is 31.3 Å². The van der Waals surface area contributed by atoms with Crippen LogP contribution in [0.4, 0.5) is 8.78 Å². The van der Waals surface area contributed by atoms with Gasteiger partial charge in [0.25, 0.3) is 9.05 Å². The molecule has 0 fully saturated rings. The summed E-state index contributed by atoms with van der Waals surface area (Å²) in [5.74, 6) is -3.35. The van der Waals surface area contributed by atoms with Crippen LogP contribution in [0.15, 0.2) is 29.2 Å². The second-order valence-electron chi connectivity index (χ2n) is 3.37. The predicted molar refractivity (Wildman–Crippen MR) is 59.7 cm³/mol. The molecule has 94 valence electrons. The zero-order valence-electron chi connectivity index (χ0n) is 8.84. The highest BCUT2D eigenvalue weighted by atomic mass is 35.7. The van der Waals surface area contributed by atoms with E-state index in [4.69, 9.17) is 15.4 Å². The summed E-state index contributed by atoms with van der Waals surface area (Å²) in [4.78, 5) is -0.917. The molecule has 1 aromatic carbocycles. The zero-order valence-corrected chi connectivity index (χ0v) is 10.4. The maximum Gasteiger partial charge on any atom is 0.264 e. The fraction of sp³-hybridized carbons (Fsp3) is 0.200. The van der Waals surface area contributed by atoms with Crippen LogP contribution in [0.5, 0.6) is 5.75 Å². The number of hydrogen-bond acceptors (Lipinski definition) is 3. The van der Waals surface area contributed by atoms with Crippen LogP contribution in [-0.4, -0.2) is 15.0 Å². The van der Waals surface area contributed by atoms with Gasteiger partial charge in [-0.1, -0.05) is 6.58 Å². The van der Waals surface area contributed by atoms with Crippen LogP contribution in [-0.2, 0) is 9.05 Å². The lowest BCUT2D eigenvalue weighted by Crippen LogP contribution is -2.04. The number of ether oxygens (including phenoxy) is 1. The Morgan fingerprint density at radius 3 is 2.47 bits per heavy atom. The Bertz CT molecular complexity index is 555. The SMILES string of the molecule is C=C(C)COc1ccc(S(=O)(=O)Cl)c(F)c1F. The first kappa shape index (κ1) is 13.9. The fourth-order valence-electron chi connectivity index (χ4n) is 1.01. The molecule has 0 aliphatic carbocycles. The van der Waals surface area contributed by atoms with Crippen LogP contribution < -0.4 is 4.74 Å². The minimum atomic E-state index is -4.32. The quantitative estimate of drug-likeness (QED) is 0.630. The smallest absolute Gasteiger partial charge is 0.264 e. The summed E-state index contributed by atoms with van der Waals surface area (Å²) < 4.78 is 53.4. The third-order valence-electron chi connectivity index (χ3n) is 1.75. The van der Waals surface area contributed by atoms with Crippen LogP contribution in [0.1, 0.15) is 6.92 Å². The van der Waals surface area contributed by atoms with Crippen molar-refractivity contribution in [1.29, 1.82) is 0 Å². The number of hydrogen-bond donors (Lipinski definition) is 0. The zero-order chi connectivity index (χ0) is 13.2. The Morgan fingerprint density at radius 1 is 1.41 bits per heavy atom. The number of rotatable bonds is 4. The summed E-state index contributed by atoms with van der Waals surface area (Å²) in [7, 11) is 0.606. The number of halogens is 3. The molecule has 1 rings (SSSR count). The molecule has 0 radical (unpaired) electrons. The van der Waals surface area contributed by atoms with Gasteiger partial charge in [0.2, 0.25) is 5.82 Å². The average molecular weight is 283 g/mol. The second-order valence-corrected chi connectivity index (χ2v) is 5.91. The van der Waals surface area contributed by atoms with E-state index in [9.17, 15) is 17.2 Å². The molecule has 0 aliphatic heterocycles. The van der Waals surface area contributed by atoms with E-state index in [2.05, 4.69) is 6.58 Å². The highest BCUT2D eigenvalue weighted by Gasteiger charge is 2.22. The van der Waals surface area contributed by atoms with Gasteiger partial charge in [0, 0.05) is 10.7 Å².